The Morgan fingerprint density at radius 1 is 1.38 bits per heavy atom. The Labute approximate surface area is 134 Å². The molecule has 2 rings (SSSR count). The van der Waals surface area contributed by atoms with Crippen LogP contribution < -0.4 is 5.32 Å². The van der Waals surface area contributed by atoms with Gasteiger partial charge in [0, 0.05) is 30.7 Å². The maximum absolute atomic E-state index is 4.51. The Balaban J connectivity index is 2.10. The van der Waals surface area contributed by atoms with E-state index in [4.69, 9.17) is 0 Å². The van der Waals surface area contributed by atoms with Gasteiger partial charge < -0.3 is 9.88 Å². The van der Waals surface area contributed by atoms with E-state index < -0.39 is 0 Å². The molecular weight excluding hydrogens is 278 g/mol. The van der Waals surface area contributed by atoms with Crippen LogP contribution in [0.1, 0.15) is 53.4 Å². The SMILES string of the molecule is CCNC1CCC(C(C)(C)CC)CC1Sc1nccn1C. The minimum atomic E-state index is 0.456. The lowest BCUT2D eigenvalue weighted by Crippen LogP contribution is -2.45. The number of rotatable bonds is 6. The molecule has 0 saturated heterocycles. The first-order chi connectivity index (χ1) is 9.97. The summed E-state index contributed by atoms with van der Waals surface area (Å²) in [5.41, 5.74) is 0.456. The number of nitrogens with one attached hydrogen (secondary N) is 1. The third-order valence-electron chi connectivity index (χ3n) is 5.31. The second kappa shape index (κ2) is 7.19. The zero-order valence-corrected chi connectivity index (χ0v) is 15.0. The molecule has 21 heavy (non-hydrogen) atoms. The number of imidazole rings is 1. The van der Waals surface area contributed by atoms with Crippen LogP contribution in [0.25, 0.3) is 0 Å². The predicted octanol–water partition coefficient (Wildman–Crippen LogP) is 4.10. The van der Waals surface area contributed by atoms with E-state index in [1.54, 1.807) is 0 Å². The van der Waals surface area contributed by atoms with Crippen molar-refractivity contribution in [3.05, 3.63) is 12.4 Å². The average molecular weight is 310 g/mol. The fraction of sp³-hybridized carbons (Fsp3) is 0.824. The molecule has 4 heteroatoms. The van der Waals surface area contributed by atoms with E-state index in [9.17, 15) is 0 Å². The maximum Gasteiger partial charge on any atom is 0.167 e. The third kappa shape index (κ3) is 4.04. The van der Waals surface area contributed by atoms with Crippen molar-refractivity contribution >= 4 is 11.8 Å². The van der Waals surface area contributed by atoms with Crippen molar-refractivity contribution < 1.29 is 0 Å². The molecule has 0 aromatic carbocycles. The molecule has 1 aromatic heterocycles. The van der Waals surface area contributed by atoms with Gasteiger partial charge in [-0.3, -0.25) is 0 Å². The molecule has 1 aliphatic rings. The molecule has 0 radical (unpaired) electrons. The highest BCUT2D eigenvalue weighted by molar-refractivity contribution is 7.99. The summed E-state index contributed by atoms with van der Waals surface area (Å²) in [5.74, 6) is 0.829. The molecule has 1 saturated carbocycles. The van der Waals surface area contributed by atoms with Gasteiger partial charge in [0.1, 0.15) is 0 Å². The topological polar surface area (TPSA) is 29.9 Å². The van der Waals surface area contributed by atoms with Gasteiger partial charge in [-0.05, 0) is 37.1 Å². The van der Waals surface area contributed by atoms with Crippen LogP contribution >= 0.6 is 11.8 Å². The molecule has 0 bridgehead atoms. The number of aryl methyl sites for hydroxylation is 1. The smallest absolute Gasteiger partial charge is 0.167 e. The highest BCUT2D eigenvalue weighted by Gasteiger charge is 2.37. The second-order valence-corrected chi connectivity index (χ2v) is 8.20. The average Bonchev–Trinajstić information content (AvgIpc) is 2.86. The van der Waals surface area contributed by atoms with Crippen molar-refractivity contribution in [1.82, 2.24) is 14.9 Å². The van der Waals surface area contributed by atoms with Crippen molar-refractivity contribution in [2.24, 2.45) is 18.4 Å². The van der Waals surface area contributed by atoms with Crippen LogP contribution in [0.15, 0.2) is 17.6 Å². The Morgan fingerprint density at radius 3 is 2.71 bits per heavy atom. The van der Waals surface area contributed by atoms with Crippen molar-refractivity contribution in [2.45, 2.75) is 69.8 Å². The fourth-order valence-corrected chi connectivity index (χ4v) is 4.70. The molecule has 1 heterocycles. The monoisotopic (exact) mass is 309 g/mol. The first-order valence-electron chi connectivity index (χ1n) is 8.35. The summed E-state index contributed by atoms with van der Waals surface area (Å²) in [5, 5.41) is 5.48. The van der Waals surface area contributed by atoms with Gasteiger partial charge in [-0.25, -0.2) is 4.98 Å². The molecular formula is C17H31N3S. The molecule has 1 N–H and O–H groups in total. The van der Waals surface area contributed by atoms with Crippen LogP contribution in [-0.2, 0) is 7.05 Å². The molecule has 0 amide bonds. The van der Waals surface area contributed by atoms with E-state index in [-0.39, 0.29) is 0 Å². The van der Waals surface area contributed by atoms with Gasteiger partial charge in [-0.2, -0.15) is 0 Å². The van der Waals surface area contributed by atoms with Gasteiger partial charge in [-0.15, -0.1) is 0 Å². The Morgan fingerprint density at radius 2 is 2.14 bits per heavy atom. The van der Waals surface area contributed by atoms with Gasteiger partial charge >= 0.3 is 0 Å². The largest absolute Gasteiger partial charge is 0.329 e. The summed E-state index contributed by atoms with van der Waals surface area (Å²) in [7, 11) is 2.09. The van der Waals surface area contributed by atoms with E-state index in [1.807, 2.05) is 24.2 Å². The summed E-state index contributed by atoms with van der Waals surface area (Å²) >= 11 is 1.97. The summed E-state index contributed by atoms with van der Waals surface area (Å²) in [6.07, 6.45) is 9.17. The zero-order chi connectivity index (χ0) is 15.5. The number of hydrogen-bond donors (Lipinski definition) is 1. The minimum Gasteiger partial charge on any atom is -0.329 e. The molecule has 0 spiro atoms. The van der Waals surface area contributed by atoms with Crippen molar-refractivity contribution in [3.8, 4) is 0 Å². The lowest BCUT2D eigenvalue weighted by atomic mass is 9.68. The second-order valence-electron chi connectivity index (χ2n) is 6.99. The molecule has 1 aromatic rings. The lowest BCUT2D eigenvalue weighted by molar-refractivity contribution is 0.141. The zero-order valence-electron chi connectivity index (χ0n) is 14.2. The van der Waals surface area contributed by atoms with Gasteiger partial charge in [0.05, 0.1) is 0 Å². The number of aromatic nitrogens is 2. The number of hydrogen-bond acceptors (Lipinski definition) is 3. The van der Waals surface area contributed by atoms with Gasteiger partial charge in [0.2, 0.25) is 0 Å². The summed E-state index contributed by atoms with van der Waals surface area (Å²) in [6.45, 7) is 10.5. The van der Waals surface area contributed by atoms with Gasteiger partial charge in [0.15, 0.2) is 5.16 Å². The Hall–Kier alpha value is -0.480. The molecule has 3 nitrogen and oxygen atoms in total. The first kappa shape index (κ1) is 16.9. The molecule has 3 unspecified atom stereocenters. The summed E-state index contributed by atoms with van der Waals surface area (Å²) in [4.78, 5) is 4.51. The van der Waals surface area contributed by atoms with E-state index in [0.717, 1.165) is 17.6 Å². The summed E-state index contributed by atoms with van der Waals surface area (Å²) in [6, 6.07) is 0.626. The van der Waals surface area contributed by atoms with Crippen LogP contribution in [-0.4, -0.2) is 27.4 Å². The normalized spacial score (nSPS) is 27.0. The van der Waals surface area contributed by atoms with Crippen molar-refractivity contribution in [2.75, 3.05) is 6.54 Å². The molecule has 1 aliphatic carbocycles. The molecule has 120 valence electrons. The standard InChI is InChI=1S/C17H31N3S/c1-6-17(3,4)13-8-9-14(18-7-2)15(12-13)21-16-19-10-11-20(16)5/h10-11,13-15,18H,6-9,12H2,1-5H3. The predicted molar refractivity (Wildman–Crippen MR) is 91.7 cm³/mol. The van der Waals surface area contributed by atoms with Gasteiger partial charge in [-0.1, -0.05) is 45.9 Å². The molecule has 3 atom stereocenters. The van der Waals surface area contributed by atoms with Crippen LogP contribution in [0.2, 0.25) is 0 Å². The van der Waals surface area contributed by atoms with Crippen LogP contribution in [0, 0.1) is 11.3 Å². The molecule has 1 fully saturated rings. The number of thioether (sulfide) groups is 1. The van der Waals surface area contributed by atoms with E-state index in [1.165, 1.54) is 25.7 Å². The van der Waals surface area contributed by atoms with Crippen molar-refractivity contribution in [1.29, 1.82) is 0 Å². The van der Waals surface area contributed by atoms with Gasteiger partial charge in [0.25, 0.3) is 0 Å². The number of nitrogens with zero attached hydrogens (tertiary/aromatic N) is 2. The van der Waals surface area contributed by atoms with Crippen molar-refractivity contribution in [3.63, 3.8) is 0 Å². The Kier molecular flexibility index (Phi) is 5.78. The lowest BCUT2D eigenvalue weighted by Gasteiger charge is -2.43. The van der Waals surface area contributed by atoms with E-state index in [2.05, 4.69) is 49.6 Å². The fourth-order valence-electron chi connectivity index (χ4n) is 3.35. The minimum absolute atomic E-state index is 0.456. The first-order valence-corrected chi connectivity index (χ1v) is 9.23. The Bertz CT molecular complexity index is 441. The van der Waals surface area contributed by atoms with E-state index in [0.29, 0.717) is 16.7 Å². The maximum atomic E-state index is 4.51. The highest BCUT2D eigenvalue weighted by atomic mass is 32.2. The van der Waals surface area contributed by atoms with E-state index >= 15 is 0 Å². The third-order valence-corrected chi connectivity index (χ3v) is 6.74. The van der Waals surface area contributed by atoms with Crippen LogP contribution in [0.3, 0.4) is 0 Å². The highest BCUT2D eigenvalue weighted by Crippen LogP contribution is 2.44. The van der Waals surface area contributed by atoms with Crippen LogP contribution in [0.4, 0.5) is 0 Å². The summed E-state index contributed by atoms with van der Waals surface area (Å²) < 4.78 is 2.14. The molecule has 0 aliphatic heterocycles. The quantitative estimate of drug-likeness (QED) is 0.858. The van der Waals surface area contributed by atoms with Crippen LogP contribution in [0.5, 0.6) is 0 Å².